The van der Waals surface area contributed by atoms with E-state index in [1.807, 2.05) is 75.4 Å². The standard InChI is InChI=1S/C25H24ClNOS/c1-16(2)27-25(28)20-11-14-23(17(3)15-20)29-24-8-6-5-7-22(24)18(4)19-9-12-21(26)13-10-19/h5-16H,4H2,1-3H3,(H,27,28). The van der Waals surface area contributed by atoms with E-state index in [1.54, 1.807) is 11.8 Å². The van der Waals surface area contributed by atoms with Crippen molar-refractivity contribution < 1.29 is 4.79 Å². The van der Waals surface area contributed by atoms with Gasteiger partial charge < -0.3 is 5.32 Å². The van der Waals surface area contributed by atoms with Crippen molar-refractivity contribution in [2.75, 3.05) is 0 Å². The molecule has 0 bridgehead atoms. The van der Waals surface area contributed by atoms with Gasteiger partial charge in [-0.15, -0.1) is 0 Å². The molecule has 0 saturated carbocycles. The molecule has 4 heteroatoms. The molecule has 0 spiro atoms. The lowest BCUT2D eigenvalue weighted by atomic mass is 10.00. The average Bonchev–Trinajstić information content (AvgIpc) is 2.69. The van der Waals surface area contributed by atoms with E-state index >= 15 is 0 Å². The highest BCUT2D eigenvalue weighted by Gasteiger charge is 2.13. The lowest BCUT2D eigenvalue weighted by molar-refractivity contribution is 0.0943. The zero-order valence-electron chi connectivity index (χ0n) is 16.8. The Balaban J connectivity index is 1.87. The van der Waals surface area contributed by atoms with Gasteiger partial charge in [-0.3, -0.25) is 4.79 Å². The van der Waals surface area contributed by atoms with Crippen LogP contribution in [0.15, 0.2) is 83.1 Å². The molecule has 1 N–H and O–H groups in total. The molecule has 0 aliphatic carbocycles. The Morgan fingerprint density at radius 1 is 0.966 bits per heavy atom. The monoisotopic (exact) mass is 421 g/mol. The maximum absolute atomic E-state index is 12.3. The summed E-state index contributed by atoms with van der Waals surface area (Å²) in [6.07, 6.45) is 0. The van der Waals surface area contributed by atoms with Crippen LogP contribution in [0.3, 0.4) is 0 Å². The lowest BCUT2D eigenvalue weighted by Gasteiger charge is -2.14. The van der Waals surface area contributed by atoms with Gasteiger partial charge in [0.25, 0.3) is 5.91 Å². The number of aryl methyl sites for hydroxylation is 1. The van der Waals surface area contributed by atoms with Crippen LogP contribution in [0.1, 0.15) is 40.9 Å². The Hall–Kier alpha value is -2.49. The fourth-order valence-electron chi connectivity index (χ4n) is 2.98. The van der Waals surface area contributed by atoms with Gasteiger partial charge in [0.15, 0.2) is 0 Å². The second-order valence-corrected chi connectivity index (χ2v) is 8.71. The molecule has 0 aliphatic heterocycles. The zero-order chi connectivity index (χ0) is 21.0. The smallest absolute Gasteiger partial charge is 0.251 e. The topological polar surface area (TPSA) is 29.1 Å². The largest absolute Gasteiger partial charge is 0.350 e. The average molecular weight is 422 g/mol. The highest BCUT2D eigenvalue weighted by molar-refractivity contribution is 7.99. The third-order valence-electron chi connectivity index (χ3n) is 4.48. The second kappa shape index (κ2) is 9.34. The van der Waals surface area contributed by atoms with Crippen molar-refractivity contribution in [2.45, 2.75) is 36.6 Å². The van der Waals surface area contributed by atoms with Crippen molar-refractivity contribution in [1.29, 1.82) is 0 Å². The van der Waals surface area contributed by atoms with Gasteiger partial charge in [0.05, 0.1) is 0 Å². The minimum absolute atomic E-state index is 0.0452. The Kier molecular flexibility index (Phi) is 6.83. The Labute approximate surface area is 182 Å². The van der Waals surface area contributed by atoms with Gasteiger partial charge in [-0.25, -0.2) is 0 Å². The maximum Gasteiger partial charge on any atom is 0.251 e. The van der Waals surface area contributed by atoms with Crippen LogP contribution < -0.4 is 5.32 Å². The summed E-state index contributed by atoms with van der Waals surface area (Å²) in [5.74, 6) is -0.0452. The van der Waals surface area contributed by atoms with Crippen molar-refractivity contribution in [3.05, 3.63) is 101 Å². The summed E-state index contributed by atoms with van der Waals surface area (Å²) in [5, 5.41) is 3.64. The highest BCUT2D eigenvalue weighted by atomic mass is 35.5. The molecule has 0 aromatic heterocycles. The molecule has 0 aliphatic rings. The van der Waals surface area contributed by atoms with Gasteiger partial charge in [0, 0.05) is 26.4 Å². The summed E-state index contributed by atoms with van der Waals surface area (Å²) in [4.78, 5) is 14.5. The van der Waals surface area contributed by atoms with Crippen LogP contribution >= 0.6 is 23.4 Å². The summed E-state index contributed by atoms with van der Waals surface area (Å²) in [5.41, 5.74) is 4.83. The molecule has 1 amide bonds. The molecular weight excluding hydrogens is 398 g/mol. The van der Waals surface area contributed by atoms with E-state index in [-0.39, 0.29) is 11.9 Å². The summed E-state index contributed by atoms with van der Waals surface area (Å²) in [6, 6.07) is 21.9. The second-order valence-electron chi connectivity index (χ2n) is 7.19. The SMILES string of the molecule is C=C(c1ccc(Cl)cc1)c1ccccc1Sc1ccc(C(=O)NC(C)C)cc1C. The third kappa shape index (κ3) is 5.31. The third-order valence-corrected chi connectivity index (χ3v) is 5.99. The predicted molar refractivity (Wildman–Crippen MR) is 124 cm³/mol. The van der Waals surface area contributed by atoms with Gasteiger partial charge in [-0.1, -0.05) is 60.3 Å². The van der Waals surface area contributed by atoms with Gasteiger partial charge in [0.2, 0.25) is 0 Å². The van der Waals surface area contributed by atoms with Gasteiger partial charge in [0.1, 0.15) is 0 Å². The van der Waals surface area contributed by atoms with E-state index in [2.05, 4.69) is 24.0 Å². The maximum atomic E-state index is 12.3. The van der Waals surface area contributed by atoms with Gasteiger partial charge in [-0.05, 0) is 79.4 Å². The van der Waals surface area contributed by atoms with E-state index in [1.165, 1.54) is 0 Å². The van der Waals surface area contributed by atoms with Gasteiger partial charge in [-0.2, -0.15) is 0 Å². The summed E-state index contributed by atoms with van der Waals surface area (Å²) < 4.78 is 0. The van der Waals surface area contributed by atoms with Crippen molar-refractivity contribution in [3.8, 4) is 0 Å². The first kappa shape index (κ1) is 21.2. The first-order valence-corrected chi connectivity index (χ1v) is 10.7. The number of amides is 1. The van der Waals surface area contributed by atoms with Crippen molar-refractivity contribution in [1.82, 2.24) is 5.32 Å². The molecule has 0 unspecified atom stereocenters. The normalized spacial score (nSPS) is 10.8. The minimum atomic E-state index is -0.0452. The quantitative estimate of drug-likeness (QED) is 0.464. The molecule has 3 aromatic carbocycles. The van der Waals surface area contributed by atoms with E-state index in [4.69, 9.17) is 11.6 Å². The first-order valence-electron chi connectivity index (χ1n) is 9.49. The lowest BCUT2D eigenvalue weighted by Crippen LogP contribution is -2.30. The number of carbonyl (C=O) groups excluding carboxylic acids is 1. The predicted octanol–water partition coefficient (Wildman–Crippen LogP) is 7.00. The number of nitrogens with one attached hydrogen (secondary N) is 1. The summed E-state index contributed by atoms with van der Waals surface area (Å²) in [7, 11) is 0. The number of carbonyl (C=O) groups is 1. The van der Waals surface area contributed by atoms with E-state index in [9.17, 15) is 4.79 Å². The van der Waals surface area contributed by atoms with E-state index in [0.29, 0.717) is 10.6 Å². The molecule has 0 atom stereocenters. The fourth-order valence-corrected chi connectivity index (χ4v) is 4.15. The van der Waals surface area contributed by atoms with Gasteiger partial charge >= 0.3 is 0 Å². The molecule has 3 rings (SSSR count). The molecular formula is C25H24ClNOS. The van der Waals surface area contributed by atoms with Crippen molar-refractivity contribution >= 4 is 34.8 Å². The molecule has 0 saturated heterocycles. The minimum Gasteiger partial charge on any atom is -0.350 e. The molecule has 29 heavy (non-hydrogen) atoms. The number of benzene rings is 3. The van der Waals surface area contributed by atoms with Crippen LogP contribution in [0.4, 0.5) is 0 Å². The zero-order valence-corrected chi connectivity index (χ0v) is 18.4. The summed E-state index contributed by atoms with van der Waals surface area (Å²) in [6.45, 7) is 10.3. The molecule has 0 fully saturated rings. The van der Waals surface area contributed by atoms with Crippen LogP contribution in [-0.2, 0) is 0 Å². The Morgan fingerprint density at radius 3 is 2.28 bits per heavy atom. The Morgan fingerprint density at radius 2 is 1.62 bits per heavy atom. The number of halogens is 1. The van der Waals surface area contributed by atoms with Crippen LogP contribution in [0.25, 0.3) is 5.57 Å². The fraction of sp³-hybridized carbons (Fsp3) is 0.160. The molecule has 2 nitrogen and oxygen atoms in total. The first-order chi connectivity index (χ1) is 13.8. The van der Waals surface area contributed by atoms with Crippen LogP contribution in [0, 0.1) is 6.92 Å². The van der Waals surface area contributed by atoms with E-state index < -0.39 is 0 Å². The van der Waals surface area contributed by atoms with Crippen molar-refractivity contribution in [2.24, 2.45) is 0 Å². The van der Waals surface area contributed by atoms with Crippen LogP contribution in [0.5, 0.6) is 0 Å². The molecule has 148 valence electrons. The Bertz CT molecular complexity index is 1040. The number of rotatable bonds is 6. The molecule has 3 aromatic rings. The number of hydrogen-bond acceptors (Lipinski definition) is 2. The van der Waals surface area contributed by atoms with Crippen LogP contribution in [0.2, 0.25) is 5.02 Å². The molecule has 0 heterocycles. The van der Waals surface area contributed by atoms with Crippen molar-refractivity contribution in [3.63, 3.8) is 0 Å². The summed E-state index contributed by atoms with van der Waals surface area (Å²) >= 11 is 7.70. The highest BCUT2D eigenvalue weighted by Crippen LogP contribution is 2.37. The molecule has 0 radical (unpaired) electrons. The van der Waals surface area contributed by atoms with E-state index in [0.717, 1.165) is 32.1 Å². The number of hydrogen-bond donors (Lipinski definition) is 1. The van der Waals surface area contributed by atoms with Crippen LogP contribution in [-0.4, -0.2) is 11.9 Å².